The first kappa shape index (κ1) is 11.6. The van der Waals surface area contributed by atoms with Gasteiger partial charge >= 0.3 is 0 Å². The van der Waals surface area contributed by atoms with E-state index in [1.165, 1.54) is 31.2 Å². The summed E-state index contributed by atoms with van der Waals surface area (Å²) in [5, 5.41) is 6.59. The number of nitrogens with one attached hydrogen (secondary N) is 2. The molecule has 0 atom stereocenters. The molecule has 1 aliphatic carbocycles. The molecule has 0 spiro atoms. The van der Waals surface area contributed by atoms with Crippen LogP contribution in [0.15, 0.2) is 18.2 Å². The van der Waals surface area contributed by atoms with Gasteiger partial charge in [-0.2, -0.15) is 0 Å². The van der Waals surface area contributed by atoms with E-state index in [4.69, 9.17) is 0 Å². The quantitative estimate of drug-likeness (QED) is 0.737. The summed E-state index contributed by atoms with van der Waals surface area (Å²) in [6.45, 7) is 3.06. The molecule has 1 aromatic carbocycles. The predicted molar refractivity (Wildman–Crippen MR) is 68.7 cm³/mol. The van der Waals surface area contributed by atoms with Gasteiger partial charge in [-0.1, -0.05) is 18.2 Å². The minimum absolute atomic E-state index is 0.995. The Hall–Kier alpha value is -0.860. The Morgan fingerprint density at radius 1 is 1.06 bits per heavy atom. The number of hydrogen-bond donors (Lipinski definition) is 2. The lowest BCUT2D eigenvalue weighted by Crippen LogP contribution is -2.24. The summed E-state index contributed by atoms with van der Waals surface area (Å²) in [5.74, 6) is 0. The van der Waals surface area contributed by atoms with Gasteiger partial charge in [0.15, 0.2) is 0 Å². The van der Waals surface area contributed by atoms with E-state index in [2.05, 4.69) is 28.8 Å². The molecule has 0 bridgehead atoms. The van der Waals surface area contributed by atoms with E-state index in [0.717, 1.165) is 19.6 Å². The van der Waals surface area contributed by atoms with Crippen LogP contribution in [0.1, 0.15) is 29.5 Å². The van der Waals surface area contributed by atoms with Gasteiger partial charge in [0.2, 0.25) is 0 Å². The van der Waals surface area contributed by atoms with Gasteiger partial charge in [-0.25, -0.2) is 0 Å². The van der Waals surface area contributed by atoms with Crippen LogP contribution in [-0.2, 0) is 19.4 Å². The molecule has 1 aromatic rings. The van der Waals surface area contributed by atoms with Gasteiger partial charge in [-0.05, 0) is 49.4 Å². The van der Waals surface area contributed by atoms with Crippen LogP contribution in [0, 0.1) is 0 Å². The first-order valence-electron chi connectivity index (χ1n) is 6.36. The summed E-state index contributed by atoms with van der Waals surface area (Å²) in [4.78, 5) is 0. The van der Waals surface area contributed by atoms with Crippen molar-refractivity contribution in [3.63, 3.8) is 0 Å². The second-order valence-corrected chi connectivity index (χ2v) is 4.59. The van der Waals surface area contributed by atoms with Crippen molar-refractivity contribution in [2.24, 2.45) is 0 Å². The van der Waals surface area contributed by atoms with Gasteiger partial charge in [0.05, 0.1) is 0 Å². The highest BCUT2D eigenvalue weighted by atomic mass is 14.9. The van der Waals surface area contributed by atoms with Crippen LogP contribution in [0.2, 0.25) is 0 Å². The molecule has 0 saturated heterocycles. The third-order valence-corrected chi connectivity index (χ3v) is 3.29. The lowest BCUT2D eigenvalue weighted by atomic mass is 9.90. The molecular weight excluding hydrogens is 196 g/mol. The van der Waals surface area contributed by atoms with Crippen molar-refractivity contribution in [3.8, 4) is 0 Å². The fraction of sp³-hybridized carbons (Fsp3) is 0.571. The summed E-state index contributed by atoms with van der Waals surface area (Å²) in [7, 11) is 1.99. The molecule has 1 aliphatic rings. The van der Waals surface area contributed by atoms with Crippen LogP contribution in [0.5, 0.6) is 0 Å². The number of rotatable bonds is 5. The highest BCUT2D eigenvalue weighted by molar-refractivity contribution is 5.33. The van der Waals surface area contributed by atoms with Crippen molar-refractivity contribution in [2.75, 3.05) is 20.1 Å². The summed E-state index contributed by atoms with van der Waals surface area (Å²) in [6.07, 6.45) is 5.29. The van der Waals surface area contributed by atoms with Gasteiger partial charge in [0.1, 0.15) is 0 Å². The normalized spacial score (nSPS) is 14.8. The van der Waals surface area contributed by atoms with Crippen molar-refractivity contribution in [2.45, 2.75) is 32.2 Å². The molecule has 0 amide bonds. The van der Waals surface area contributed by atoms with E-state index in [0.29, 0.717) is 0 Å². The molecule has 0 radical (unpaired) electrons. The van der Waals surface area contributed by atoms with E-state index < -0.39 is 0 Å². The largest absolute Gasteiger partial charge is 0.318 e. The third kappa shape index (κ3) is 3.06. The van der Waals surface area contributed by atoms with E-state index in [-0.39, 0.29) is 0 Å². The SMILES string of the molecule is CNCCNCc1ccc2c(c1)CCCC2. The van der Waals surface area contributed by atoms with Crippen LogP contribution < -0.4 is 10.6 Å². The Morgan fingerprint density at radius 3 is 2.69 bits per heavy atom. The maximum Gasteiger partial charge on any atom is 0.0206 e. The van der Waals surface area contributed by atoms with Crippen LogP contribution in [0.3, 0.4) is 0 Å². The lowest BCUT2D eigenvalue weighted by molar-refractivity contribution is 0.646. The molecule has 16 heavy (non-hydrogen) atoms. The molecule has 2 nitrogen and oxygen atoms in total. The highest BCUT2D eigenvalue weighted by Gasteiger charge is 2.08. The number of aryl methyl sites for hydroxylation is 2. The molecule has 0 aliphatic heterocycles. The second kappa shape index (κ2) is 6.02. The maximum atomic E-state index is 3.45. The number of fused-ring (bicyclic) bond motifs is 1. The zero-order valence-electron chi connectivity index (χ0n) is 10.2. The first-order chi connectivity index (χ1) is 7.90. The monoisotopic (exact) mass is 218 g/mol. The molecule has 88 valence electrons. The van der Waals surface area contributed by atoms with Crippen molar-refractivity contribution in [1.29, 1.82) is 0 Å². The molecular formula is C14H22N2. The molecule has 2 N–H and O–H groups in total. The van der Waals surface area contributed by atoms with Crippen molar-refractivity contribution < 1.29 is 0 Å². The summed E-state index contributed by atoms with van der Waals surface area (Å²) in [6, 6.07) is 6.99. The number of benzene rings is 1. The first-order valence-corrected chi connectivity index (χ1v) is 6.36. The molecule has 2 heteroatoms. The molecule has 0 heterocycles. The minimum Gasteiger partial charge on any atom is -0.318 e. The third-order valence-electron chi connectivity index (χ3n) is 3.29. The number of hydrogen-bond acceptors (Lipinski definition) is 2. The minimum atomic E-state index is 0.995. The Kier molecular flexibility index (Phi) is 4.37. The Labute approximate surface area is 98.4 Å². The van der Waals surface area contributed by atoms with E-state index >= 15 is 0 Å². The summed E-state index contributed by atoms with van der Waals surface area (Å²) < 4.78 is 0. The van der Waals surface area contributed by atoms with Gasteiger partial charge in [0, 0.05) is 19.6 Å². The summed E-state index contributed by atoms with van der Waals surface area (Å²) in [5.41, 5.74) is 4.58. The lowest BCUT2D eigenvalue weighted by Gasteiger charge is -2.16. The fourth-order valence-electron chi connectivity index (χ4n) is 2.34. The Balaban J connectivity index is 1.90. The Bertz CT molecular complexity index is 334. The maximum absolute atomic E-state index is 3.45. The zero-order valence-corrected chi connectivity index (χ0v) is 10.2. The molecule has 0 unspecified atom stereocenters. The highest BCUT2D eigenvalue weighted by Crippen LogP contribution is 2.22. The topological polar surface area (TPSA) is 24.1 Å². The van der Waals surface area contributed by atoms with E-state index in [1.807, 2.05) is 7.05 Å². The van der Waals surface area contributed by atoms with Crippen LogP contribution in [-0.4, -0.2) is 20.1 Å². The van der Waals surface area contributed by atoms with Gasteiger partial charge in [-0.15, -0.1) is 0 Å². The van der Waals surface area contributed by atoms with Gasteiger partial charge in [0.25, 0.3) is 0 Å². The smallest absolute Gasteiger partial charge is 0.0206 e. The van der Waals surface area contributed by atoms with Crippen molar-refractivity contribution in [3.05, 3.63) is 34.9 Å². The fourth-order valence-corrected chi connectivity index (χ4v) is 2.34. The molecule has 2 rings (SSSR count). The van der Waals surface area contributed by atoms with E-state index in [9.17, 15) is 0 Å². The average molecular weight is 218 g/mol. The molecule has 0 aromatic heterocycles. The summed E-state index contributed by atoms with van der Waals surface area (Å²) >= 11 is 0. The zero-order chi connectivity index (χ0) is 11.2. The number of likely N-dealkylation sites (N-methyl/N-ethyl adjacent to an activating group) is 1. The average Bonchev–Trinajstić information content (AvgIpc) is 2.34. The van der Waals surface area contributed by atoms with Crippen LogP contribution in [0.25, 0.3) is 0 Å². The van der Waals surface area contributed by atoms with Crippen molar-refractivity contribution in [1.82, 2.24) is 10.6 Å². The Morgan fingerprint density at radius 2 is 1.88 bits per heavy atom. The van der Waals surface area contributed by atoms with Gasteiger partial charge in [-0.3, -0.25) is 0 Å². The van der Waals surface area contributed by atoms with E-state index in [1.54, 1.807) is 11.1 Å². The molecule has 0 fully saturated rings. The standard InChI is InChI=1S/C14H22N2/c1-15-8-9-16-11-12-6-7-13-4-2-3-5-14(13)10-12/h6-7,10,15-16H,2-5,8-9,11H2,1H3. The van der Waals surface area contributed by atoms with Crippen molar-refractivity contribution >= 4 is 0 Å². The second-order valence-electron chi connectivity index (χ2n) is 4.59. The van der Waals surface area contributed by atoms with Gasteiger partial charge < -0.3 is 10.6 Å². The van der Waals surface area contributed by atoms with Crippen LogP contribution in [0.4, 0.5) is 0 Å². The predicted octanol–water partition coefficient (Wildman–Crippen LogP) is 1.87. The van der Waals surface area contributed by atoms with Crippen LogP contribution >= 0.6 is 0 Å². The molecule has 0 saturated carbocycles.